The first kappa shape index (κ1) is 15.8. The second-order valence-corrected chi connectivity index (χ2v) is 6.18. The van der Waals surface area contributed by atoms with Gasteiger partial charge < -0.3 is 5.73 Å². The van der Waals surface area contributed by atoms with Crippen molar-refractivity contribution in [1.29, 1.82) is 0 Å². The molecule has 0 saturated heterocycles. The Labute approximate surface area is 140 Å². The van der Waals surface area contributed by atoms with Crippen molar-refractivity contribution in [1.82, 2.24) is 25.1 Å². The third-order valence-corrected chi connectivity index (χ3v) is 4.61. The fourth-order valence-electron chi connectivity index (χ4n) is 3.48. The standard InChI is InChI=1S/C16H15F3N6/c17-16(18,19)13-10(6-22-25-13)15-23-11-7-21-5-9(8-3-1-2-4-8)12(11)14(20)24-15/h5-8H,1-4H2,(H,22,25)(H2,20,23,24). The molecule has 0 radical (unpaired) electrons. The van der Waals surface area contributed by atoms with E-state index in [0.29, 0.717) is 16.8 Å². The quantitative estimate of drug-likeness (QED) is 0.737. The van der Waals surface area contributed by atoms with Crippen LogP contribution in [0, 0.1) is 0 Å². The van der Waals surface area contributed by atoms with E-state index in [2.05, 4.69) is 25.1 Å². The molecule has 25 heavy (non-hydrogen) atoms. The van der Waals surface area contributed by atoms with Gasteiger partial charge in [0.2, 0.25) is 0 Å². The summed E-state index contributed by atoms with van der Waals surface area (Å²) in [4.78, 5) is 12.6. The summed E-state index contributed by atoms with van der Waals surface area (Å²) in [6.45, 7) is 0. The summed E-state index contributed by atoms with van der Waals surface area (Å²) in [7, 11) is 0. The van der Waals surface area contributed by atoms with Crippen molar-refractivity contribution in [2.24, 2.45) is 0 Å². The largest absolute Gasteiger partial charge is 0.435 e. The van der Waals surface area contributed by atoms with Crippen LogP contribution in [0.1, 0.15) is 42.9 Å². The predicted molar refractivity (Wildman–Crippen MR) is 85.5 cm³/mol. The monoisotopic (exact) mass is 348 g/mol. The summed E-state index contributed by atoms with van der Waals surface area (Å²) in [5, 5.41) is 6.17. The fraction of sp³-hybridized carbons (Fsp3) is 0.375. The number of aromatic amines is 1. The average molecular weight is 348 g/mol. The highest BCUT2D eigenvalue weighted by Gasteiger charge is 2.37. The number of alkyl halides is 3. The van der Waals surface area contributed by atoms with Gasteiger partial charge in [-0.2, -0.15) is 18.3 Å². The Bertz CT molecular complexity index is 927. The third-order valence-electron chi connectivity index (χ3n) is 4.61. The number of nitrogens with two attached hydrogens (primary N) is 1. The van der Waals surface area contributed by atoms with E-state index < -0.39 is 11.9 Å². The number of anilines is 1. The van der Waals surface area contributed by atoms with E-state index in [4.69, 9.17) is 5.73 Å². The van der Waals surface area contributed by atoms with Crippen molar-refractivity contribution in [2.75, 3.05) is 5.73 Å². The molecule has 4 rings (SSSR count). The molecule has 130 valence electrons. The van der Waals surface area contributed by atoms with Crippen molar-refractivity contribution >= 4 is 16.7 Å². The number of rotatable bonds is 2. The highest BCUT2D eigenvalue weighted by molar-refractivity contribution is 5.92. The number of H-pyrrole nitrogens is 1. The zero-order valence-corrected chi connectivity index (χ0v) is 13.1. The molecule has 0 atom stereocenters. The topological polar surface area (TPSA) is 93.4 Å². The lowest BCUT2D eigenvalue weighted by Crippen LogP contribution is -2.09. The third kappa shape index (κ3) is 2.69. The molecule has 9 heteroatoms. The lowest BCUT2D eigenvalue weighted by atomic mass is 9.96. The highest BCUT2D eigenvalue weighted by Crippen LogP contribution is 2.39. The van der Waals surface area contributed by atoms with Crippen molar-refractivity contribution in [3.05, 3.63) is 29.8 Å². The number of halogens is 3. The van der Waals surface area contributed by atoms with Crippen LogP contribution < -0.4 is 5.73 Å². The van der Waals surface area contributed by atoms with E-state index >= 15 is 0 Å². The van der Waals surface area contributed by atoms with Gasteiger partial charge in [0.1, 0.15) is 5.82 Å². The summed E-state index contributed by atoms with van der Waals surface area (Å²) in [6.07, 6.45) is 4.15. The summed E-state index contributed by atoms with van der Waals surface area (Å²) in [5.41, 5.74) is 6.23. The number of nitrogen functional groups attached to an aromatic ring is 1. The van der Waals surface area contributed by atoms with Crippen molar-refractivity contribution in [2.45, 2.75) is 37.8 Å². The normalized spacial score (nSPS) is 16.0. The summed E-state index contributed by atoms with van der Waals surface area (Å²) < 4.78 is 39.2. The van der Waals surface area contributed by atoms with Crippen LogP contribution in [0.25, 0.3) is 22.3 Å². The zero-order chi connectivity index (χ0) is 17.6. The SMILES string of the molecule is Nc1nc(-c2c[nH]nc2C(F)(F)F)nc2cncc(C3CCCC3)c12. The molecule has 0 bridgehead atoms. The highest BCUT2D eigenvalue weighted by atomic mass is 19.4. The maximum Gasteiger partial charge on any atom is 0.435 e. The van der Waals surface area contributed by atoms with Crippen LogP contribution in [0.4, 0.5) is 19.0 Å². The van der Waals surface area contributed by atoms with Gasteiger partial charge in [0.25, 0.3) is 0 Å². The molecule has 0 aliphatic heterocycles. The van der Waals surface area contributed by atoms with Crippen LogP contribution in [0.5, 0.6) is 0 Å². The minimum atomic E-state index is -4.60. The van der Waals surface area contributed by atoms with Gasteiger partial charge in [0.15, 0.2) is 11.5 Å². The van der Waals surface area contributed by atoms with Gasteiger partial charge in [-0.25, -0.2) is 9.97 Å². The molecule has 1 fully saturated rings. The molecule has 6 nitrogen and oxygen atoms in total. The lowest BCUT2D eigenvalue weighted by molar-refractivity contribution is -0.140. The summed E-state index contributed by atoms with van der Waals surface area (Å²) >= 11 is 0. The number of pyridine rings is 1. The Morgan fingerprint density at radius 1 is 1.12 bits per heavy atom. The van der Waals surface area contributed by atoms with Gasteiger partial charge in [-0.1, -0.05) is 12.8 Å². The van der Waals surface area contributed by atoms with Gasteiger partial charge in [-0.3, -0.25) is 10.1 Å². The molecule has 3 N–H and O–H groups in total. The molecule has 3 heterocycles. The van der Waals surface area contributed by atoms with E-state index in [1.54, 1.807) is 6.20 Å². The van der Waals surface area contributed by atoms with Gasteiger partial charge >= 0.3 is 6.18 Å². The van der Waals surface area contributed by atoms with E-state index in [9.17, 15) is 13.2 Å². The van der Waals surface area contributed by atoms with E-state index in [0.717, 1.165) is 37.4 Å². The Hall–Kier alpha value is -2.71. The van der Waals surface area contributed by atoms with Gasteiger partial charge in [0.05, 0.1) is 17.3 Å². The Morgan fingerprint density at radius 3 is 2.60 bits per heavy atom. The molecule has 1 aliphatic rings. The first-order valence-electron chi connectivity index (χ1n) is 7.97. The maximum atomic E-state index is 13.1. The Morgan fingerprint density at radius 2 is 1.88 bits per heavy atom. The van der Waals surface area contributed by atoms with Crippen LogP contribution in [-0.4, -0.2) is 25.1 Å². The summed E-state index contributed by atoms with van der Waals surface area (Å²) in [5.74, 6) is 0.391. The number of nitrogens with one attached hydrogen (secondary N) is 1. The van der Waals surface area contributed by atoms with E-state index in [1.165, 1.54) is 6.20 Å². The zero-order valence-electron chi connectivity index (χ0n) is 13.1. The smallest absolute Gasteiger partial charge is 0.383 e. The summed E-state index contributed by atoms with van der Waals surface area (Å²) in [6, 6.07) is 0. The molecule has 0 amide bonds. The van der Waals surface area contributed by atoms with Crippen LogP contribution in [0.3, 0.4) is 0 Å². The van der Waals surface area contributed by atoms with Crippen LogP contribution in [0.2, 0.25) is 0 Å². The molecule has 0 spiro atoms. The molecule has 1 saturated carbocycles. The van der Waals surface area contributed by atoms with Crippen LogP contribution in [-0.2, 0) is 6.18 Å². The van der Waals surface area contributed by atoms with E-state index in [1.807, 2.05) is 0 Å². The minimum absolute atomic E-state index is 0.114. The van der Waals surface area contributed by atoms with Gasteiger partial charge in [0, 0.05) is 17.8 Å². The van der Waals surface area contributed by atoms with Crippen LogP contribution >= 0.6 is 0 Å². The minimum Gasteiger partial charge on any atom is -0.383 e. The molecular formula is C16H15F3N6. The lowest BCUT2D eigenvalue weighted by Gasteiger charge is -2.14. The number of nitrogens with zero attached hydrogens (tertiary/aromatic N) is 4. The number of hydrogen-bond acceptors (Lipinski definition) is 5. The first-order valence-corrected chi connectivity index (χ1v) is 7.97. The average Bonchev–Trinajstić information content (AvgIpc) is 3.25. The Balaban J connectivity index is 1.88. The predicted octanol–water partition coefficient (Wildman–Crippen LogP) is 3.67. The van der Waals surface area contributed by atoms with Crippen molar-refractivity contribution in [3.8, 4) is 11.4 Å². The second-order valence-electron chi connectivity index (χ2n) is 6.18. The van der Waals surface area contributed by atoms with Gasteiger partial charge in [-0.05, 0) is 24.3 Å². The van der Waals surface area contributed by atoms with Crippen LogP contribution in [0.15, 0.2) is 18.6 Å². The number of aromatic nitrogens is 5. The van der Waals surface area contributed by atoms with E-state index in [-0.39, 0.29) is 17.2 Å². The first-order chi connectivity index (χ1) is 11.9. The van der Waals surface area contributed by atoms with Crippen molar-refractivity contribution in [3.63, 3.8) is 0 Å². The fourth-order valence-corrected chi connectivity index (χ4v) is 3.48. The van der Waals surface area contributed by atoms with Crippen molar-refractivity contribution < 1.29 is 13.2 Å². The Kier molecular flexibility index (Phi) is 3.59. The maximum absolute atomic E-state index is 13.1. The molecule has 0 aromatic carbocycles. The second kappa shape index (κ2) is 5.68. The number of hydrogen-bond donors (Lipinski definition) is 2. The molecule has 3 aromatic rings. The molecule has 1 aliphatic carbocycles. The number of fused-ring (bicyclic) bond motifs is 1. The molecule has 0 unspecified atom stereocenters. The van der Waals surface area contributed by atoms with Gasteiger partial charge in [-0.15, -0.1) is 0 Å². The molecule has 3 aromatic heterocycles. The molecular weight excluding hydrogens is 333 g/mol.